The maximum Gasteiger partial charge on any atom is 0.230 e. The lowest BCUT2D eigenvalue weighted by Crippen LogP contribution is -2.39. The molecule has 0 saturated heterocycles. The van der Waals surface area contributed by atoms with Gasteiger partial charge in [-0.2, -0.15) is 0 Å². The summed E-state index contributed by atoms with van der Waals surface area (Å²) in [5, 5.41) is 2.84. The van der Waals surface area contributed by atoms with Crippen LogP contribution in [0.1, 0.15) is 45.4 Å². The maximum atomic E-state index is 11.8. The van der Waals surface area contributed by atoms with E-state index in [0.29, 0.717) is 25.7 Å². The van der Waals surface area contributed by atoms with Gasteiger partial charge in [0, 0.05) is 6.54 Å². The van der Waals surface area contributed by atoms with E-state index in [1.54, 1.807) is 0 Å². The van der Waals surface area contributed by atoms with Crippen molar-refractivity contribution in [2.75, 3.05) is 13.2 Å². The van der Waals surface area contributed by atoms with E-state index in [-0.39, 0.29) is 16.8 Å². The number of carbonyl (C=O) groups excluding carboxylic acids is 1. The van der Waals surface area contributed by atoms with Gasteiger partial charge in [0.2, 0.25) is 5.91 Å². The molecule has 1 aliphatic carbocycles. The molecule has 104 valence electrons. The number of nitrogens with two attached hydrogens (primary N) is 1. The molecule has 1 atom stereocenters. The molecule has 0 heterocycles. The van der Waals surface area contributed by atoms with Crippen LogP contribution in [0, 0.1) is 5.92 Å². The van der Waals surface area contributed by atoms with E-state index in [1.807, 2.05) is 6.92 Å². The Hall–Kier alpha value is -0.680. The van der Waals surface area contributed by atoms with E-state index in [1.165, 1.54) is 12.8 Å². The molecule has 0 aromatic rings. The molecule has 0 aromatic carbocycles. The van der Waals surface area contributed by atoms with E-state index in [0.717, 1.165) is 19.3 Å². The standard InChI is InChI=1S/C13H24N2O2S/c1-2-5-11(12(14)18)13(16)15-8-9-17-10-6-3-4-7-10/h10-11H,2-9H2,1H3,(H2,14,18)(H,15,16). The lowest BCUT2D eigenvalue weighted by atomic mass is 10.0. The van der Waals surface area contributed by atoms with Crippen LogP contribution in [0.3, 0.4) is 0 Å². The van der Waals surface area contributed by atoms with Gasteiger partial charge in [-0.1, -0.05) is 38.4 Å². The Bertz CT molecular complexity index is 278. The Kier molecular flexibility index (Phi) is 7.20. The van der Waals surface area contributed by atoms with E-state index in [4.69, 9.17) is 22.7 Å². The predicted molar refractivity (Wildman–Crippen MR) is 76.4 cm³/mol. The lowest BCUT2D eigenvalue weighted by Gasteiger charge is -2.15. The minimum absolute atomic E-state index is 0.0700. The first-order valence-electron chi connectivity index (χ1n) is 6.83. The van der Waals surface area contributed by atoms with Gasteiger partial charge >= 0.3 is 0 Å². The van der Waals surface area contributed by atoms with Crippen LogP contribution in [-0.4, -0.2) is 30.2 Å². The summed E-state index contributed by atoms with van der Waals surface area (Å²) in [7, 11) is 0. The van der Waals surface area contributed by atoms with Gasteiger partial charge in [-0.25, -0.2) is 0 Å². The summed E-state index contributed by atoms with van der Waals surface area (Å²) in [6.07, 6.45) is 6.83. The Morgan fingerprint density at radius 2 is 2.17 bits per heavy atom. The molecule has 1 saturated carbocycles. The zero-order valence-electron chi connectivity index (χ0n) is 11.1. The summed E-state index contributed by atoms with van der Waals surface area (Å²) in [6, 6.07) is 0. The molecule has 1 rings (SSSR count). The highest BCUT2D eigenvalue weighted by Crippen LogP contribution is 2.20. The van der Waals surface area contributed by atoms with Crippen LogP contribution >= 0.6 is 12.2 Å². The summed E-state index contributed by atoms with van der Waals surface area (Å²) in [4.78, 5) is 12.1. The third-order valence-corrected chi connectivity index (χ3v) is 3.58. The molecule has 0 aromatic heterocycles. The zero-order valence-corrected chi connectivity index (χ0v) is 11.9. The summed E-state index contributed by atoms with van der Waals surface area (Å²) in [5.41, 5.74) is 5.57. The number of ether oxygens (including phenoxy) is 1. The third-order valence-electron chi connectivity index (χ3n) is 3.29. The van der Waals surface area contributed by atoms with E-state index in [2.05, 4.69) is 5.32 Å². The molecule has 4 nitrogen and oxygen atoms in total. The van der Waals surface area contributed by atoms with Crippen molar-refractivity contribution in [3.8, 4) is 0 Å². The Morgan fingerprint density at radius 3 is 2.72 bits per heavy atom. The van der Waals surface area contributed by atoms with E-state index >= 15 is 0 Å². The van der Waals surface area contributed by atoms with Gasteiger partial charge in [0.15, 0.2) is 0 Å². The van der Waals surface area contributed by atoms with Gasteiger partial charge < -0.3 is 15.8 Å². The average molecular weight is 272 g/mol. The first-order chi connectivity index (χ1) is 8.65. The van der Waals surface area contributed by atoms with Crippen molar-refractivity contribution in [1.29, 1.82) is 0 Å². The molecular formula is C13H24N2O2S. The second-order valence-electron chi connectivity index (χ2n) is 4.81. The summed E-state index contributed by atoms with van der Waals surface area (Å²) >= 11 is 4.91. The number of thiocarbonyl (C=S) groups is 1. The number of rotatable bonds is 8. The van der Waals surface area contributed by atoms with Gasteiger partial charge in [0.25, 0.3) is 0 Å². The zero-order chi connectivity index (χ0) is 13.4. The highest BCUT2D eigenvalue weighted by molar-refractivity contribution is 7.80. The van der Waals surface area contributed by atoms with Crippen molar-refractivity contribution in [2.45, 2.75) is 51.6 Å². The smallest absolute Gasteiger partial charge is 0.230 e. The van der Waals surface area contributed by atoms with Gasteiger partial charge in [-0.05, 0) is 19.3 Å². The van der Waals surface area contributed by atoms with Gasteiger partial charge in [-0.15, -0.1) is 0 Å². The number of hydrogen-bond acceptors (Lipinski definition) is 3. The molecule has 0 spiro atoms. The molecule has 0 bridgehead atoms. The van der Waals surface area contributed by atoms with Crippen molar-refractivity contribution in [1.82, 2.24) is 5.32 Å². The fourth-order valence-electron chi connectivity index (χ4n) is 2.27. The molecule has 1 unspecified atom stereocenters. The van der Waals surface area contributed by atoms with Crippen LogP contribution < -0.4 is 11.1 Å². The fraction of sp³-hybridized carbons (Fsp3) is 0.846. The van der Waals surface area contributed by atoms with Crippen LogP contribution in [0.2, 0.25) is 0 Å². The number of carbonyl (C=O) groups is 1. The first kappa shape index (κ1) is 15.4. The highest BCUT2D eigenvalue weighted by Gasteiger charge is 2.20. The number of hydrogen-bond donors (Lipinski definition) is 2. The van der Waals surface area contributed by atoms with Crippen LogP contribution in [0.25, 0.3) is 0 Å². The Labute approximate surface area is 115 Å². The summed E-state index contributed by atoms with van der Waals surface area (Å²) in [6.45, 7) is 3.13. The van der Waals surface area contributed by atoms with Crippen molar-refractivity contribution in [2.24, 2.45) is 11.7 Å². The van der Waals surface area contributed by atoms with E-state index < -0.39 is 0 Å². The SMILES string of the molecule is CCCC(C(=O)NCCOC1CCCC1)C(N)=S. The van der Waals surface area contributed by atoms with Gasteiger partial charge in [0.1, 0.15) is 0 Å². The molecule has 1 fully saturated rings. The molecular weight excluding hydrogens is 248 g/mol. The van der Waals surface area contributed by atoms with Crippen molar-refractivity contribution in [3.63, 3.8) is 0 Å². The summed E-state index contributed by atoms with van der Waals surface area (Å²) in [5.74, 6) is -0.407. The highest BCUT2D eigenvalue weighted by atomic mass is 32.1. The van der Waals surface area contributed by atoms with Crippen molar-refractivity contribution in [3.05, 3.63) is 0 Å². The molecule has 1 amide bonds. The van der Waals surface area contributed by atoms with Gasteiger partial charge in [-0.3, -0.25) is 4.79 Å². The van der Waals surface area contributed by atoms with Gasteiger partial charge in [0.05, 0.1) is 23.6 Å². The molecule has 1 aliphatic rings. The Balaban J connectivity index is 2.16. The number of amides is 1. The molecule has 0 aliphatic heterocycles. The van der Waals surface area contributed by atoms with Crippen LogP contribution in [0.5, 0.6) is 0 Å². The Morgan fingerprint density at radius 1 is 1.50 bits per heavy atom. The molecule has 3 N–H and O–H groups in total. The first-order valence-corrected chi connectivity index (χ1v) is 7.24. The van der Waals surface area contributed by atoms with Crippen LogP contribution in [-0.2, 0) is 9.53 Å². The van der Waals surface area contributed by atoms with Crippen molar-refractivity contribution < 1.29 is 9.53 Å². The topological polar surface area (TPSA) is 64.3 Å². The maximum absolute atomic E-state index is 11.8. The normalized spacial score (nSPS) is 17.6. The molecule has 0 radical (unpaired) electrons. The van der Waals surface area contributed by atoms with Crippen LogP contribution in [0.4, 0.5) is 0 Å². The molecule has 5 heteroatoms. The molecule has 18 heavy (non-hydrogen) atoms. The second-order valence-corrected chi connectivity index (χ2v) is 5.28. The van der Waals surface area contributed by atoms with Crippen LogP contribution in [0.15, 0.2) is 0 Å². The largest absolute Gasteiger partial charge is 0.393 e. The third kappa shape index (κ3) is 5.31. The van der Waals surface area contributed by atoms with E-state index in [9.17, 15) is 4.79 Å². The average Bonchev–Trinajstić information content (AvgIpc) is 2.84. The predicted octanol–water partition coefficient (Wildman–Crippen LogP) is 1.76. The summed E-state index contributed by atoms with van der Waals surface area (Å²) < 4.78 is 5.67. The second kappa shape index (κ2) is 8.43. The lowest BCUT2D eigenvalue weighted by molar-refractivity contribution is -0.123. The monoisotopic (exact) mass is 272 g/mol. The fourth-order valence-corrected chi connectivity index (χ4v) is 2.49. The quantitative estimate of drug-likeness (QED) is 0.522. The van der Waals surface area contributed by atoms with Crippen molar-refractivity contribution >= 4 is 23.1 Å². The minimum Gasteiger partial charge on any atom is -0.393 e. The number of nitrogens with one attached hydrogen (secondary N) is 1. The minimum atomic E-state index is -0.337.